The summed E-state index contributed by atoms with van der Waals surface area (Å²) in [5.41, 5.74) is 15.0. The molecule has 0 bridgehead atoms. The van der Waals surface area contributed by atoms with Crippen LogP contribution in [-0.4, -0.2) is 36.0 Å². The molecular formula is C28H28N6O4. The Bertz CT molecular complexity index is 1270. The number of carbonyl (C=O) groups is 2. The molecule has 2 heterocycles. The van der Waals surface area contributed by atoms with Crippen LogP contribution in [0.1, 0.15) is 31.8 Å². The number of nitrogens with zero attached hydrogens (tertiary/aromatic N) is 2. The zero-order chi connectivity index (χ0) is 26.7. The topological polar surface area (TPSA) is 127 Å². The van der Waals surface area contributed by atoms with Crippen molar-refractivity contribution in [2.24, 2.45) is 0 Å². The molecule has 2 aromatic carbocycles. The minimum absolute atomic E-state index is 0.312. The van der Waals surface area contributed by atoms with E-state index in [0.717, 1.165) is 22.6 Å². The van der Waals surface area contributed by atoms with E-state index in [2.05, 4.69) is 31.7 Å². The number of benzene rings is 2. The number of rotatable bonds is 11. The molecule has 10 nitrogen and oxygen atoms in total. The predicted octanol–water partition coefficient (Wildman–Crippen LogP) is 3.03. The highest BCUT2D eigenvalue weighted by atomic mass is 16.5. The molecule has 0 aliphatic carbocycles. The molecule has 0 aliphatic rings. The molecule has 0 unspecified atom stereocenters. The van der Waals surface area contributed by atoms with Crippen molar-refractivity contribution in [3.05, 3.63) is 107 Å². The van der Waals surface area contributed by atoms with E-state index in [1.54, 1.807) is 38.5 Å². The van der Waals surface area contributed by atoms with Gasteiger partial charge in [0.25, 0.3) is 11.8 Å². The van der Waals surface area contributed by atoms with Gasteiger partial charge in [0.2, 0.25) is 0 Å². The van der Waals surface area contributed by atoms with Crippen molar-refractivity contribution in [2.45, 2.75) is 13.1 Å². The van der Waals surface area contributed by atoms with Crippen LogP contribution in [0.2, 0.25) is 0 Å². The first-order chi connectivity index (χ1) is 18.6. The van der Waals surface area contributed by atoms with E-state index < -0.39 is 0 Å². The third kappa shape index (κ3) is 7.12. The Morgan fingerprint density at radius 3 is 1.47 bits per heavy atom. The van der Waals surface area contributed by atoms with E-state index in [0.29, 0.717) is 35.6 Å². The van der Waals surface area contributed by atoms with Crippen molar-refractivity contribution in [3.8, 4) is 22.9 Å². The van der Waals surface area contributed by atoms with Gasteiger partial charge in [-0.15, -0.1) is 0 Å². The molecule has 10 heteroatoms. The molecule has 194 valence electrons. The highest BCUT2D eigenvalue weighted by molar-refractivity contribution is 5.94. The number of nitrogens with one attached hydrogen (secondary N) is 4. The number of hydrogen-bond donors (Lipinski definition) is 4. The molecule has 4 N–H and O–H groups in total. The van der Waals surface area contributed by atoms with Crippen LogP contribution in [0.3, 0.4) is 0 Å². The number of ether oxygens (including phenoxy) is 2. The normalized spacial score (nSPS) is 10.5. The second kappa shape index (κ2) is 12.9. The van der Waals surface area contributed by atoms with E-state index in [-0.39, 0.29) is 11.8 Å². The molecule has 2 amide bonds. The summed E-state index contributed by atoms with van der Waals surface area (Å²) < 4.78 is 10.4. The lowest BCUT2D eigenvalue weighted by atomic mass is 10.2. The maximum atomic E-state index is 12.4. The average Bonchev–Trinajstić information content (AvgIpc) is 2.97. The Morgan fingerprint density at radius 2 is 1.11 bits per heavy atom. The molecule has 38 heavy (non-hydrogen) atoms. The maximum absolute atomic E-state index is 12.4. The number of methoxy groups -OCH3 is 2. The average molecular weight is 513 g/mol. The highest BCUT2D eigenvalue weighted by Gasteiger charge is 2.10. The predicted molar refractivity (Wildman–Crippen MR) is 142 cm³/mol. The SMILES string of the molecule is COc1cccc(CNNC(=O)c2ccc(-c3ccc(C(=O)NNCc4cccc(OC)c4)cn3)nc2)c1. The number of aromatic nitrogens is 2. The Balaban J connectivity index is 1.26. The Labute approximate surface area is 220 Å². The van der Waals surface area contributed by atoms with Gasteiger partial charge in [0.15, 0.2) is 0 Å². The zero-order valence-electron chi connectivity index (χ0n) is 21.0. The van der Waals surface area contributed by atoms with Gasteiger partial charge in [0.05, 0.1) is 36.7 Å². The van der Waals surface area contributed by atoms with Crippen molar-refractivity contribution in [2.75, 3.05) is 14.2 Å². The third-order valence-corrected chi connectivity index (χ3v) is 5.57. The second-order valence-electron chi connectivity index (χ2n) is 8.18. The van der Waals surface area contributed by atoms with Gasteiger partial charge < -0.3 is 9.47 Å². The molecule has 2 aromatic heterocycles. The minimum Gasteiger partial charge on any atom is -0.497 e. The highest BCUT2D eigenvalue weighted by Crippen LogP contribution is 2.16. The molecule has 0 atom stereocenters. The van der Waals surface area contributed by atoms with Crippen molar-refractivity contribution >= 4 is 11.8 Å². The van der Waals surface area contributed by atoms with Crippen LogP contribution < -0.4 is 31.2 Å². The first-order valence-corrected chi connectivity index (χ1v) is 11.8. The van der Waals surface area contributed by atoms with Crippen LogP contribution in [-0.2, 0) is 13.1 Å². The van der Waals surface area contributed by atoms with Crippen molar-refractivity contribution in [1.29, 1.82) is 0 Å². The number of hydrogen-bond acceptors (Lipinski definition) is 8. The first kappa shape index (κ1) is 26.3. The summed E-state index contributed by atoms with van der Waals surface area (Å²) in [7, 11) is 3.21. The molecule has 0 spiro atoms. The van der Waals surface area contributed by atoms with Crippen molar-refractivity contribution in [3.63, 3.8) is 0 Å². The van der Waals surface area contributed by atoms with Gasteiger partial charge in [-0.2, -0.15) is 0 Å². The van der Waals surface area contributed by atoms with Gasteiger partial charge in [-0.3, -0.25) is 30.4 Å². The van der Waals surface area contributed by atoms with E-state index in [1.165, 1.54) is 12.4 Å². The quantitative estimate of drug-likeness (QED) is 0.226. The summed E-state index contributed by atoms with van der Waals surface area (Å²) >= 11 is 0. The molecular weight excluding hydrogens is 484 g/mol. The lowest BCUT2D eigenvalue weighted by Crippen LogP contribution is -2.36. The summed E-state index contributed by atoms with van der Waals surface area (Å²) in [5, 5.41) is 0. The standard InChI is InChI=1S/C28H28N6O4/c1-37-23-7-3-5-19(13-23)15-31-33-27(35)21-9-11-25(29-17-21)26-12-10-22(18-30-26)28(36)34-32-16-20-6-4-8-24(14-20)38-2/h3-14,17-18,31-32H,15-16H2,1-2H3,(H,33,35)(H,34,36). The molecule has 0 saturated heterocycles. The smallest absolute Gasteiger partial charge is 0.266 e. The van der Waals surface area contributed by atoms with Gasteiger partial charge in [-0.25, -0.2) is 10.9 Å². The van der Waals surface area contributed by atoms with Crippen LogP contribution >= 0.6 is 0 Å². The maximum Gasteiger partial charge on any atom is 0.266 e. The Morgan fingerprint density at radius 1 is 0.658 bits per heavy atom. The minimum atomic E-state index is -0.312. The number of hydrazine groups is 2. The van der Waals surface area contributed by atoms with Gasteiger partial charge in [-0.1, -0.05) is 24.3 Å². The molecule has 0 saturated carbocycles. The van der Waals surface area contributed by atoms with Crippen LogP contribution in [0.4, 0.5) is 0 Å². The zero-order valence-corrected chi connectivity index (χ0v) is 21.0. The monoisotopic (exact) mass is 512 g/mol. The van der Waals surface area contributed by atoms with Crippen molar-refractivity contribution < 1.29 is 19.1 Å². The van der Waals surface area contributed by atoms with Gasteiger partial charge >= 0.3 is 0 Å². The largest absolute Gasteiger partial charge is 0.497 e. The fourth-order valence-corrected chi connectivity index (χ4v) is 3.52. The fourth-order valence-electron chi connectivity index (χ4n) is 3.52. The summed E-state index contributed by atoms with van der Waals surface area (Å²) in [6, 6.07) is 21.8. The van der Waals surface area contributed by atoms with E-state index in [1.807, 2.05) is 48.5 Å². The van der Waals surface area contributed by atoms with Crippen LogP contribution in [0, 0.1) is 0 Å². The van der Waals surface area contributed by atoms with Crippen LogP contribution in [0.5, 0.6) is 11.5 Å². The van der Waals surface area contributed by atoms with Gasteiger partial charge in [0, 0.05) is 25.5 Å². The summed E-state index contributed by atoms with van der Waals surface area (Å²) in [4.78, 5) is 33.5. The molecule has 4 aromatic rings. The van der Waals surface area contributed by atoms with Gasteiger partial charge in [0.1, 0.15) is 11.5 Å². The second-order valence-corrected chi connectivity index (χ2v) is 8.18. The van der Waals surface area contributed by atoms with E-state index in [9.17, 15) is 9.59 Å². The lowest BCUT2D eigenvalue weighted by Gasteiger charge is -2.09. The first-order valence-electron chi connectivity index (χ1n) is 11.8. The van der Waals surface area contributed by atoms with Gasteiger partial charge in [-0.05, 0) is 59.7 Å². The van der Waals surface area contributed by atoms with E-state index >= 15 is 0 Å². The van der Waals surface area contributed by atoms with Crippen LogP contribution in [0.15, 0.2) is 85.2 Å². The van der Waals surface area contributed by atoms with E-state index in [4.69, 9.17) is 9.47 Å². The summed E-state index contributed by atoms with van der Waals surface area (Å²) in [6.07, 6.45) is 2.95. The summed E-state index contributed by atoms with van der Waals surface area (Å²) in [5.74, 6) is 0.874. The number of amides is 2. The molecule has 0 radical (unpaired) electrons. The molecule has 0 aliphatic heterocycles. The lowest BCUT2D eigenvalue weighted by molar-refractivity contribution is 0.0923. The Kier molecular flexibility index (Phi) is 8.95. The Hall–Kier alpha value is -4.80. The number of carbonyl (C=O) groups excluding carboxylic acids is 2. The number of pyridine rings is 2. The fraction of sp³-hybridized carbons (Fsp3) is 0.143. The molecule has 4 rings (SSSR count). The third-order valence-electron chi connectivity index (χ3n) is 5.57. The molecule has 0 fully saturated rings. The van der Waals surface area contributed by atoms with Crippen LogP contribution in [0.25, 0.3) is 11.4 Å². The van der Waals surface area contributed by atoms with Crippen molar-refractivity contribution in [1.82, 2.24) is 31.7 Å². The summed E-state index contributed by atoms with van der Waals surface area (Å²) in [6.45, 7) is 0.879.